The highest BCUT2D eigenvalue weighted by atomic mass is 16.1. The molecule has 7 nitrogen and oxygen atoms in total. The van der Waals surface area contributed by atoms with Gasteiger partial charge in [-0.1, -0.05) is 0 Å². The first-order chi connectivity index (χ1) is 13.1. The van der Waals surface area contributed by atoms with Crippen LogP contribution in [0, 0.1) is 0 Å². The number of rotatable bonds is 8. The molecule has 144 valence electrons. The largest absolute Gasteiger partial charge is 0.372 e. The van der Waals surface area contributed by atoms with E-state index in [2.05, 4.69) is 42.5 Å². The minimum atomic E-state index is -0.192. The highest BCUT2D eigenvalue weighted by Crippen LogP contribution is 2.23. The van der Waals surface area contributed by atoms with Gasteiger partial charge >= 0.3 is 0 Å². The van der Waals surface area contributed by atoms with Gasteiger partial charge in [-0.3, -0.25) is 4.79 Å². The highest BCUT2D eigenvalue weighted by molar-refractivity contribution is 5.92. The van der Waals surface area contributed by atoms with Crippen LogP contribution in [0.1, 0.15) is 29.8 Å². The van der Waals surface area contributed by atoms with Crippen LogP contribution in [0.3, 0.4) is 0 Å². The molecule has 0 unspecified atom stereocenters. The topological polar surface area (TPSA) is 73.4 Å². The molecule has 1 amide bonds. The molecule has 1 aliphatic heterocycles. The fourth-order valence-electron chi connectivity index (χ4n) is 3.08. The number of nitrogens with one attached hydrogen (secondary N) is 2. The van der Waals surface area contributed by atoms with Crippen molar-refractivity contribution in [2.45, 2.75) is 19.3 Å². The Labute approximate surface area is 160 Å². The molecule has 3 rings (SSSR count). The zero-order valence-corrected chi connectivity index (χ0v) is 16.1. The maximum absolute atomic E-state index is 12.1. The fraction of sp³-hybridized carbons (Fsp3) is 0.450. The zero-order chi connectivity index (χ0) is 19.1. The molecule has 0 atom stereocenters. The molecular weight excluding hydrogens is 340 g/mol. The van der Waals surface area contributed by atoms with Gasteiger partial charge < -0.3 is 20.4 Å². The minimum absolute atomic E-state index is 0.192. The summed E-state index contributed by atoms with van der Waals surface area (Å²) >= 11 is 0. The van der Waals surface area contributed by atoms with Gasteiger partial charge in [-0.05, 0) is 64.2 Å². The Balaban J connectivity index is 1.50. The van der Waals surface area contributed by atoms with Crippen molar-refractivity contribution in [3.8, 4) is 0 Å². The van der Waals surface area contributed by atoms with Crippen LogP contribution in [-0.4, -0.2) is 61.0 Å². The Kier molecular flexibility index (Phi) is 6.59. The maximum atomic E-state index is 12.1. The third-order valence-electron chi connectivity index (χ3n) is 4.56. The van der Waals surface area contributed by atoms with E-state index in [1.54, 1.807) is 6.20 Å². The third kappa shape index (κ3) is 5.65. The van der Waals surface area contributed by atoms with Crippen LogP contribution in [0.15, 0.2) is 36.7 Å². The fourth-order valence-corrected chi connectivity index (χ4v) is 3.08. The molecule has 2 aromatic rings. The number of nitrogens with zero attached hydrogens (tertiary/aromatic N) is 4. The smallest absolute Gasteiger partial charge is 0.271 e. The van der Waals surface area contributed by atoms with Gasteiger partial charge in [-0.15, -0.1) is 0 Å². The summed E-state index contributed by atoms with van der Waals surface area (Å²) < 4.78 is 0. The van der Waals surface area contributed by atoms with Gasteiger partial charge in [0.05, 0.1) is 12.4 Å². The molecule has 0 spiro atoms. The standard InChI is InChI=1S/C20H28N6O/c1-25(2)11-5-10-21-20(27)18-14-23-19(15-22-18)24-16-6-8-17(9-7-16)26-12-3-4-13-26/h6-9,14-15H,3-5,10-13H2,1-2H3,(H,21,27)(H,23,24). The first-order valence-electron chi connectivity index (χ1n) is 9.49. The summed E-state index contributed by atoms with van der Waals surface area (Å²) in [4.78, 5) is 25.1. The summed E-state index contributed by atoms with van der Waals surface area (Å²) in [7, 11) is 4.03. The average Bonchev–Trinajstić information content (AvgIpc) is 3.21. The van der Waals surface area contributed by atoms with E-state index < -0.39 is 0 Å². The van der Waals surface area contributed by atoms with Crippen molar-refractivity contribution in [1.29, 1.82) is 0 Å². The van der Waals surface area contributed by atoms with Gasteiger partial charge in [0.15, 0.2) is 0 Å². The summed E-state index contributed by atoms with van der Waals surface area (Å²) in [6.07, 6.45) is 6.53. The molecule has 0 aliphatic carbocycles. The lowest BCUT2D eigenvalue weighted by molar-refractivity contribution is 0.0947. The van der Waals surface area contributed by atoms with Crippen molar-refractivity contribution in [3.05, 3.63) is 42.4 Å². The molecule has 0 bridgehead atoms. The Bertz CT molecular complexity index is 723. The molecule has 0 radical (unpaired) electrons. The van der Waals surface area contributed by atoms with E-state index in [0.29, 0.717) is 18.1 Å². The van der Waals surface area contributed by atoms with Gasteiger partial charge in [-0.2, -0.15) is 0 Å². The van der Waals surface area contributed by atoms with Crippen LogP contribution in [0.5, 0.6) is 0 Å². The number of amides is 1. The third-order valence-corrected chi connectivity index (χ3v) is 4.56. The van der Waals surface area contributed by atoms with Crippen molar-refractivity contribution in [1.82, 2.24) is 20.2 Å². The van der Waals surface area contributed by atoms with Crippen molar-refractivity contribution in [2.75, 3.05) is 50.5 Å². The van der Waals surface area contributed by atoms with E-state index in [-0.39, 0.29) is 5.91 Å². The van der Waals surface area contributed by atoms with Crippen molar-refractivity contribution in [3.63, 3.8) is 0 Å². The highest BCUT2D eigenvalue weighted by Gasteiger charge is 2.12. The van der Waals surface area contributed by atoms with Crippen LogP contribution in [0.4, 0.5) is 17.2 Å². The normalized spacial score (nSPS) is 13.8. The molecule has 1 aliphatic rings. The van der Waals surface area contributed by atoms with E-state index in [4.69, 9.17) is 0 Å². The lowest BCUT2D eigenvalue weighted by atomic mass is 10.2. The van der Waals surface area contributed by atoms with E-state index >= 15 is 0 Å². The molecule has 1 aromatic carbocycles. The Hall–Kier alpha value is -2.67. The Morgan fingerprint density at radius 1 is 1.11 bits per heavy atom. The van der Waals surface area contributed by atoms with Crippen LogP contribution >= 0.6 is 0 Å². The van der Waals surface area contributed by atoms with Crippen LogP contribution < -0.4 is 15.5 Å². The number of anilines is 3. The Morgan fingerprint density at radius 2 is 1.85 bits per heavy atom. The summed E-state index contributed by atoms with van der Waals surface area (Å²) in [5.41, 5.74) is 2.54. The lowest BCUT2D eigenvalue weighted by Gasteiger charge is -2.17. The van der Waals surface area contributed by atoms with Gasteiger partial charge in [0.25, 0.3) is 5.91 Å². The van der Waals surface area contributed by atoms with Crippen molar-refractivity contribution in [2.24, 2.45) is 0 Å². The summed E-state index contributed by atoms with van der Waals surface area (Å²) in [6.45, 7) is 3.83. The van der Waals surface area contributed by atoms with Crippen molar-refractivity contribution < 1.29 is 4.79 Å². The van der Waals surface area contributed by atoms with Crippen molar-refractivity contribution >= 4 is 23.1 Å². The molecule has 2 heterocycles. The van der Waals surface area contributed by atoms with E-state index in [0.717, 1.165) is 31.7 Å². The average molecular weight is 368 g/mol. The monoisotopic (exact) mass is 368 g/mol. The number of aromatic nitrogens is 2. The molecule has 27 heavy (non-hydrogen) atoms. The van der Waals surface area contributed by atoms with E-state index in [1.165, 1.54) is 24.7 Å². The van der Waals surface area contributed by atoms with E-state index in [1.807, 2.05) is 26.2 Å². The second kappa shape index (κ2) is 9.32. The molecule has 1 saturated heterocycles. The van der Waals surface area contributed by atoms with Crippen LogP contribution in [-0.2, 0) is 0 Å². The number of hydrogen-bond acceptors (Lipinski definition) is 6. The number of hydrogen-bond donors (Lipinski definition) is 2. The molecule has 2 N–H and O–H groups in total. The predicted octanol–water partition coefficient (Wildman–Crippen LogP) is 2.50. The minimum Gasteiger partial charge on any atom is -0.372 e. The predicted molar refractivity (Wildman–Crippen MR) is 109 cm³/mol. The quantitative estimate of drug-likeness (QED) is 0.698. The summed E-state index contributed by atoms with van der Waals surface area (Å²) in [6, 6.07) is 8.33. The molecule has 1 fully saturated rings. The maximum Gasteiger partial charge on any atom is 0.271 e. The van der Waals surface area contributed by atoms with Gasteiger partial charge in [0, 0.05) is 31.0 Å². The van der Waals surface area contributed by atoms with Crippen LogP contribution in [0.25, 0.3) is 0 Å². The molecule has 7 heteroatoms. The van der Waals surface area contributed by atoms with Crippen LogP contribution in [0.2, 0.25) is 0 Å². The number of benzene rings is 1. The Morgan fingerprint density at radius 3 is 2.48 bits per heavy atom. The lowest BCUT2D eigenvalue weighted by Crippen LogP contribution is -2.27. The molecule has 0 saturated carbocycles. The van der Waals surface area contributed by atoms with Gasteiger partial charge in [0.1, 0.15) is 11.5 Å². The molecular formula is C20H28N6O. The second-order valence-corrected chi connectivity index (χ2v) is 7.07. The number of carbonyl (C=O) groups is 1. The van der Waals surface area contributed by atoms with Gasteiger partial charge in [-0.25, -0.2) is 9.97 Å². The second-order valence-electron chi connectivity index (χ2n) is 7.07. The summed E-state index contributed by atoms with van der Waals surface area (Å²) in [5.74, 6) is 0.427. The SMILES string of the molecule is CN(C)CCCNC(=O)c1cnc(Nc2ccc(N3CCCC3)cc2)cn1. The van der Waals surface area contributed by atoms with Gasteiger partial charge in [0.2, 0.25) is 0 Å². The van der Waals surface area contributed by atoms with E-state index in [9.17, 15) is 4.79 Å². The first kappa shape index (κ1) is 19.1. The molecule has 1 aromatic heterocycles. The number of carbonyl (C=O) groups excluding carboxylic acids is 1. The zero-order valence-electron chi connectivity index (χ0n) is 16.1. The summed E-state index contributed by atoms with van der Waals surface area (Å²) in [5, 5.41) is 6.09. The first-order valence-corrected chi connectivity index (χ1v) is 9.49.